The minimum Gasteiger partial charge on any atom is -0.388 e. The Kier molecular flexibility index (Phi) is 7.54. The highest BCUT2D eigenvalue weighted by molar-refractivity contribution is 6.30. The van der Waals surface area contributed by atoms with Crippen molar-refractivity contribution in [3.05, 3.63) is 106 Å². The Labute approximate surface area is 198 Å². The van der Waals surface area contributed by atoms with Crippen LogP contribution in [0.4, 0.5) is 8.78 Å². The van der Waals surface area contributed by atoms with Crippen molar-refractivity contribution in [1.29, 1.82) is 5.26 Å². The standard InChI is InChI=1S/C27H27ClF2N2O/c1-4-27(16-18-8-10-22(28)11-9-18,21-7-5-6-19(12-21)17-31)32-25(26(2,3)33)20-13-23(29)15-24(30)14-20/h5-15,25,32-33H,4,16H2,1-3H3/t25?,27-/m0/s1. The van der Waals surface area contributed by atoms with Crippen LogP contribution in [-0.4, -0.2) is 10.7 Å². The van der Waals surface area contributed by atoms with Crippen LogP contribution < -0.4 is 5.32 Å². The lowest BCUT2D eigenvalue weighted by Crippen LogP contribution is -2.51. The summed E-state index contributed by atoms with van der Waals surface area (Å²) in [6.07, 6.45) is 1.08. The second-order valence-corrected chi connectivity index (χ2v) is 9.30. The lowest BCUT2D eigenvalue weighted by molar-refractivity contribution is 0.0204. The number of halogens is 3. The highest BCUT2D eigenvalue weighted by Crippen LogP contribution is 2.37. The van der Waals surface area contributed by atoms with Gasteiger partial charge in [0.1, 0.15) is 11.6 Å². The van der Waals surface area contributed by atoms with Crippen molar-refractivity contribution >= 4 is 11.6 Å². The number of aliphatic hydroxyl groups is 1. The van der Waals surface area contributed by atoms with Gasteiger partial charge in [0.05, 0.1) is 23.3 Å². The van der Waals surface area contributed by atoms with Crippen LogP contribution in [0.15, 0.2) is 66.7 Å². The highest BCUT2D eigenvalue weighted by atomic mass is 35.5. The van der Waals surface area contributed by atoms with Gasteiger partial charge in [0.2, 0.25) is 0 Å². The Hall–Kier alpha value is -2.78. The quantitative estimate of drug-likeness (QED) is 0.400. The van der Waals surface area contributed by atoms with Gasteiger partial charge in [-0.25, -0.2) is 8.78 Å². The van der Waals surface area contributed by atoms with Gasteiger partial charge < -0.3 is 5.11 Å². The summed E-state index contributed by atoms with van der Waals surface area (Å²) in [5, 5.41) is 24.7. The molecule has 3 aromatic rings. The fraction of sp³-hybridized carbons (Fsp3) is 0.296. The van der Waals surface area contributed by atoms with Crippen LogP contribution in [0.3, 0.4) is 0 Å². The summed E-state index contributed by atoms with van der Waals surface area (Å²) in [6.45, 7) is 5.19. The molecule has 3 nitrogen and oxygen atoms in total. The third-order valence-electron chi connectivity index (χ3n) is 5.91. The molecule has 0 bridgehead atoms. The van der Waals surface area contributed by atoms with E-state index in [1.54, 1.807) is 38.1 Å². The molecule has 2 atom stereocenters. The van der Waals surface area contributed by atoms with Crippen LogP contribution in [0.5, 0.6) is 0 Å². The van der Waals surface area contributed by atoms with Crippen LogP contribution in [0.2, 0.25) is 5.02 Å². The third kappa shape index (κ3) is 5.97. The molecule has 1 unspecified atom stereocenters. The number of hydrogen-bond acceptors (Lipinski definition) is 3. The van der Waals surface area contributed by atoms with Gasteiger partial charge in [-0.15, -0.1) is 0 Å². The molecule has 0 saturated heterocycles. The van der Waals surface area contributed by atoms with Gasteiger partial charge in [0, 0.05) is 16.6 Å². The first-order valence-electron chi connectivity index (χ1n) is 10.8. The van der Waals surface area contributed by atoms with E-state index in [1.165, 1.54) is 12.1 Å². The topological polar surface area (TPSA) is 56.0 Å². The van der Waals surface area contributed by atoms with Gasteiger partial charge in [0.15, 0.2) is 0 Å². The molecule has 33 heavy (non-hydrogen) atoms. The summed E-state index contributed by atoms with van der Waals surface area (Å²) in [6, 6.07) is 19.3. The summed E-state index contributed by atoms with van der Waals surface area (Å²) in [4.78, 5) is 0. The molecule has 3 rings (SSSR count). The summed E-state index contributed by atoms with van der Waals surface area (Å²) in [7, 11) is 0. The minimum atomic E-state index is -1.35. The average molecular weight is 469 g/mol. The van der Waals surface area contributed by atoms with Crippen molar-refractivity contribution < 1.29 is 13.9 Å². The van der Waals surface area contributed by atoms with Crippen molar-refractivity contribution in [3.63, 3.8) is 0 Å². The molecule has 0 amide bonds. The van der Waals surface area contributed by atoms with Gasteiger partial charge in [-0.2, -0.15) is 5.26 Å². The van der Waals surface area contributed by atoms with E-state index < -0.39 is 28.8 Å². The van der Waals surface area contributed by atoms with Crippen LogP contribution in [0.1, 0.15) is 55.5 Å². The van der Waals surface area contributed by atoms with E-state index in [1.807, 2.05) is 31.2 Å². The Balaban J connectivity index is 2.17. The first kappa shape index (κ1) is 24.9. The van der Waals surface area contributed by atoms with Gasteiger partial charge in [-0.05, 0) is 79.8 Å². The Morgan fingerprint density at radius 2 is 1.67 bits per heavy atom. The predicted octanol–water partition coefficient (Wildman–Crippen LogP) is 6.44. The maximum Gasteiger partial charge on any atom is 0.126 e. The van der Waals surface area contributed by atoms with Crippen LogP contribution in [0, 0.1) is 23.0 Å². The predicted molar refractivity (Wildman–Crippen MR) is 127 cm³/mol. The maximum absolute atomic E-state index is 14.1. The van der Waals surface area contributed by atoms with E-state index in [-0.39, 0.29) is 0 Å². The van der Waals surface area contributed by atoms with Crippen molar-refractivity contribution in [3.8, 4) is 6.07 Å². The molecule has 0 aliphatic carbocycles. The summed E-state index contributed by atoms with van der Waals surface area (Å²) >= 11 is 6.07. The van der Waals surface area contributed by atoms with Gasteiger partial charge in [0.25, 0.3) is 0 Å². The van der Waals surface area contributed by atoms with E-state index in [0.717, 1.165) is 17.2 Å². The Bertz CT molecular complexity index is 1130. The molecule has 0 aromatic heterocycles. The molecule has 0 aliphatic rings. The van der Waals surface area contributed by atoms with Crippen LogP contribution >= 0.6 is 11.6 Å². The number of nitrogens with zero attached hydrogens (tertiary/aromatic N) is 1. The number of rotatable bonds is 8. The maximum atomic E-state index is 14.1. The Morgan fingerprint density at radius 3 is 2.21 bits per heavy atom. The lowest BCUT2D eigenvalue weighted by atomic mass is 9.78. The molecule has 0 saturated carbocycles. The number of nitrogens with one attached hydrogen (secondary N) is 1. The smallest absolute Gasteiger partial charge is 0.126 e. The van der Waals surface area contributed by atoms with Crippen molar-refractivity contribution in [1.82, 2.24) is 5.32 Å². The van der Waals surface area contributed by atoms with Crippen molar-refractivity contribution in [2.45, 2.75) is 50.8 Å². The zero-order valence-corrected chi connectivity index (χ0v) is 19.6. The number of benzene rings is 3. The van der Waals surface area contributed by atoms with Crippen molar-refractivity contribution in [2.75, 3.05) is 0 Å². The Morgan fingerprint density at radius 1 is 1.03 bits per heavy atom. The second-order valence-electron chi connectivity index (χ2n) is 8.87. The zero-order valence-electron chi connectivity index (χ0n) is 18.9. The molecule has 6 heteroatoms. The van der Waals surface area contributed by atoms with Gasteiger partial charge >= 0.3 is 0 Å². The molecule has 172 valence electrons. The summed E-state index contributed by atoms with van der Waals surface area (Å²) < 4.78 is 28.2. The highest BCUT2D eigenvalue weighted by Gasteiger charge is 2.39. The van der Waals surface area contributed by atoms with E-state index in [9.17, 15) is 19.1 Å². The van der Waals surface area contributed by atoms with E-state index in [2.05, 4.69) is 11.4 Å². The summed E-state index contributed by atoms with van der Waals surface area (Å²) in [5.74, 6) is -1.43. The number of nitriles is 1. The molecular formula is C27H27ClF2N2O. The molecule has 0 fully saturated rings. The second kappa shape index (κ2) is 10.0. The molecule has 0 heterocycles. The molecule has 3 aromatic carbocycles. The normalized spacial score (nSPS) is 14.4. The van der Waals surface area contributed by atoms with Gasteiger partial charge in [-0.3, -0.25) is 5.32 Å². The fourth-order valence-corrected chi connectivity index (χ4v) is 4.32. The largest absolute Gasteiger partial charge is 0.388 e. The van der Waals surface area contributed by atoms with Gasteiger partial charge in [-0.1, -0.05) is 42.8 Å². The van der Waals surface area contributed by atoms with E-state index >= 15 is 0 Å². The minimum absolute atomic E-state index is 0.297. The van der Waals surface area contributed by atoms with Crippen LogP contribution in [-0.2, 0) is 12.0 Å². The first-order chi connectivity index (χ1) is 15.6. The first-order valence-corrected chi connectivity index (χ1v) is 11.2. The fourth-order valence-electron chi connectivity index (χ4n) is 4.19. The van der Waals surface area contributed by atoms with Crippen LogP contribution in [0.25, 0.3) is 0 Å². The molecule has 2 N–H and O–H groups in total. The zero-order chi connectivity index (χ0) is 24.2. The lowest BCUT2D eigenvalue weighted by Gasteiger charge is -2.43. The molecular weight excluding hydrogens is 442 g/mol. The van der Waals surface area contributed by atoms with E-state index in [0.29, 0.717) is 29.0 Å². The monoisotopic (exact) mass is 468 g/mol. The van der Waals surface area contributed by atoms with Crippen molar-refractivity contribution in [2.24, 2.45) is 0 Å². The molecule has 0 aliphatic heterocycles. The number of hydrogen-bond donors (Lipinski definition) is 2. The third-order valence-corrected chi connectivity index (χ3v) is 6.16. The average Bonchev–Trinajstić information content (AvgIpc) is 2.76. The summed E-state index contributed by atoms with van der Waals surface area (Å²) in [5.41, 5.74) is 0.508. The van der Waals surface area contributed by atoms with E-state index in [4.69, 9.17) is 11.6 Å². The molecule has 0 spiro atoms. The molecule has 0 radical (unpaired) electrons. The SMILES string of the molecule is CC[C@@](Cc1ccc(Cl)cc1)(NC(c1cc(F)cc(F)c1)C(C)(C)O)c1cccc(C#N)c1.